The van der Waals surface area contributed by atoms with Crippen LogP contribution in [0.15, 0.2) is 12.4 Å². The zero-order chi connectivity index (χ0) is 23.3. The number of ether oxygens (including phenoxy) is 3. The van der Waals surface area contributed by atoms with Gasteiger partial charge in [-0.25, -0.2) is 9.97 Å². The van der Waals surface area contributed by atoms with Crippen LogP contribution >= 0.6 is 11.6 Å². The van der Waals surface area contributed by atoms with Gasteiger partial charge >= 0.3 is 0 Å². The summed E-state index contributed by atoms with van der Waals surface area (Å²) in [5, 5.41) is 8.84. The maximum absolute atomic E-state index is 13.2. The first-order chi connectivity index (χ1) is 15.3. The zero-order valence-electron chi connectivity index (χ0n) is 19.0. The molecule has 1 aliphatic heterocycles. The van der Waals surface area contributed by atoms with Gasteiger partial charge in [-0.1, -0.05) is 18.5 Å². The Kier molecular flexibility index (Phi) is 9.09. The Morgan fingerprint density at radius 1 is 1.22 bits per heavy atom. The Hall–Kier alpha value is -1.50. The standard InChI is InChI=1S/C20H31ClN6O4S/c1-12-6-7-17(31-12)19-24-25-20(27(19)16(10-29-4)11-30-5)26-32(28)14(3)13(2)18-22-8-15(21)9-23-18/h8-9,12-14,16-17H,6-7,10-11H2,1-5H3,(H,25,26). The molecule has 12 heteroatoms. The van der Waals surface area contributed by atoms with E-state index in [-0.39, 0.29) is 29.4 Å². The van der Waals surface area contributed by atoms with Crippen molar-refractivity contribution in [1.82, 2.24) is 24.7 Å². The first-order valence-electron chi connectivity index (χ1n) is 10.6. The Bertz CT molecular complexity index is 851. The average molecular weight is 487 g/mol. The largest absolute Gasteiger partial charge is 0.593 e. The van der Waals surface area contributed by atoms with Crippen LogP contribution in [-0.2, 0) is 25.6 Å². The van der Waals surface area contributed by atoms with Crippen molar-refractivity contribution >= 4 is 28.9 Å². The number of nitrogens with one attached hydrogen (secondary N) is 1. The third-order valence-corrected chi connectivity index (χ3v) is 7.27. The molecule has 2 aromatic heterocycles. The summed E-state index contributed by atoms with van der Waals surface area (Å²) in [6.45, 7) is 6.60. The molecule has 0 aliphatic carbocycles. The lowest BCUT2D eigenvalue weighted by molar-refractivity contribution is 0.0406. The van der Waals surface area contributed by atoms with E-state index in [1.807, 2.05) is 25.3 Å². The van der Waals surface area contributed by atoms with Gasteiger partial charge in [-0.3, -0.25) is 4.57 Å². The van der Waals surface area contributed by atoms with E-state index in [2.05, 4.69) is 24.9 Å². The summed E-state index contributed by atoms with van der Waals surface area (Å²) in [6.07, 6.45) is 4.83. The van der Waals surface area contributed by atoms with Crippen LogP contribution < -0.4 is 4.72 Å². The molecule has 1 saturated heterocycles. The van der Waals surface area contributed by atoms with Crippen LogP contribution in [0.5, 0.6) is 0 Å². The second-order valence-electron chi connectivity index (χ2n) is 7.98. The highest BCUT2D eigenvalue weighted by Gasteiger charge is 2.34. The van der Waals surface area contributed by atoms with Gasteiger partial charge in [0.2, 0.25) is 0 Å². The number of rotatable bonds is 11. The minimum absolute atomic E-state index is 0.152. The van der Waals surface area contributed by atoms with Crippen LogP contribution in [0.3, 0.4) is 0 Å². The Morgan fingerprint density at radius 3 is 2.44 bits per heavy atom. The Labute approximate surface area is 196 Å². The van der Waals surface area contributed by atoms with E-state index in [1.165, 1.54) is 12.4 Å². The first kappa shape index (κ1) is 25.1. The van der Waals surface area contributed by atoms with E-state index in [0.717, 1.165) is 12.8 Å². The van der Waals surface area contributed by atoms with Gasteiger partial charge in [-0.15, -0.1) is 10.2 Å². The lowest BCUT2D eigenvalue weighted by atomic mass is 10.1. The van der Waals surface area contributed by atoms with Crippen molar-refractivity contribution in [2.24, 2.45) is 0 Å². The number of halogens is 1. The van der Waals surface area contributed by atoms with Crippen LogP contribution in [0.25, 0.3) is 0 Å². The van der Waals surface area contributed by atoms with E-state index in [9.17, 15) is 4.55 Å². The molecular formula is C20H31ClN6O4S. The van der Waals surface area contributed by atoms with Crippen molar-refractivity contribution in [1.29, 1.82) is 0 Å². The van der Waals surface area contributed by atoms with E-state index in [0.29, 0.717) is 35.8 Å². The van der Waals surface area contributed by atoms with Gasteiger partial charge in [0.25, 0.3) is 5.95 Å². The van der Waals surface area contributed by atoms with Crippen LogP contribution in [-0.4, -0.2) is 68.1 Å². The van der Waals surface area contributed by atoms with Crippen LogP contribution in [0.1, 0.15) is 63.3 Å². The Balaban J connectivity index is 1.83. The normalized spacial score (nSPS) is 21.6. The molecule has 0 saturated carbocycles. The van der Waals surface area contributed by atoms with Gasteiger partial charge < -0.3 is 18.8 Å². The molecule has 178 valence electrons. The lowest BCUT2D eigenvalue weighted by Crippen LogP contribution is -2.33. The van der Waals surface area contributed by atoms with Crippen LogP contribution in [0.4, 0.5) is 5.95 Å². The fourth-order valence-corrected chi connectivity index (χ4v) is 4.76. The molecule has 3 heterocycles. The lowest BCUT2D eigenvalue weighted by Gasteiger charge is -2.25. The SMILES string of the molecule is COCC(COC)n1c(N[S+]([O-])C(C)C(C)c2ncc(Cl)cn2)nnc1C1CCC(C)O1. The molecule has 3 rings (SSSR count). The molecular weight excluding hydrogens is 456 g/mol. The zero-order valence-corrected chi connectivity index (χ0v) is 20.6. The minimum atomic E-state index is -1.49. The summed E-state index contributed by atoms with van der Waals surface area (Å²) in [7, 11) is 3.25. The van der Waals surface area contributed by atoms with Crippen molar-refractivity contribution in [2.45, 2.75) is 63.0 Å². The van der Waals surface area contributed by atoms with Gasteiger partial charge in [0.15, 0.2) is 5.82 Å². The quantitative estimate of drug-likeness (QED) is 0.477. The third kappa shape index (κ3) is 5.89. The van der Waals surface area contributed by atoms with Crippen LogP contribution in [0.2, 0.25) is 5.02 Å². The molecule has 2 aromatic rings. The summed E-state index contributed by atoms with van der Waals surface area (Å²) in [6, 6.07) is -0.207. The topological polar surface area (TPSA) is 119 Å². The monoisotopic (exact) mass is 486 g/mol. The molecule has 0 spiro atoms. The summed E-state index contributed by atoms with van der Waals surface area (Å²) >= 11 is 4.39. The molecule has 0 bridgehead atoms. The summed E-state index contributed by atoms with van der Waals surface area (Å²) in [5.41, 5.74) is 0. The summed E-state index contributed by atoms with van der Waals surface area (Å²) < 4.78 is 35.0. The number of nitrogens with zero attached hydrogens (tertiary/aromatic N) is 5. The number of methoxy groups -OCH3 is 2. The number of hydrogen-bond donors (Lipinski definition) is 1. The predicted molar refractivity (Wildman–Crippen MR) is 122 cm³/mol. The van der Waals surface area contributed by atoms with Crippen molar-refractivity contribution in [3.8, 4) is 0 Å². The van der Waals surface area contributed by atoms with Gasteiger partial charge in [-0.2, -0.15) is 4.72 Å². The van der Waals surface area contributed by atoms with Gasteiger partial charge in [-0.05, 0) is 26.7 Å². The molecule has 0 aromatic carbocycles. The van der Waals surface area contributed by atoms with E-state index >= 15 is 0 Å². The molecule has 1 fully saturated rings. The van der Waals surface area contributed by atoms with Crippen molar-refractivity contribution in [2.75, 3.05) is 32.2 Å². The van der Waals surface area contributed by atoms with E-state index < -0.39 is 11.4 Å². The molecule has 5 unspecified atom stereocenters. The maximum Gasteiger partial charge on any atom is 0.266 e. The maximum atomic E-state index is 13.2. The summed E-state index contributed by atoms with van der Waals surface area (Å²) in [5.74, 6) is 1.46. The Morgan fingerprint density at radius 2 is 1.88 bits per heavy atom. The average Bonchev–Trinajstić information content (AvgIpc) is 3.39. The number of hydrogen-bond acceptors (Lipinski definition) is 9. The second-order valence-corrected chi connectivity index (χ2v) is 9.96. The first-order valence-corrected chi connectivity index (χ1v) is 12.2. The summed E-state index contributed by atoms with van der Waals surface area (Å²) in [4.78, 5) is 8.52. The van der Waals surface area contributed by atoms with Gasteiger partial charge in [0.05, 0.1) is 47.7 Å². The van der Waals surface area contributed by atoms with Crippen molar-refractivity contribution in [3.05, 3.63) is 29.1 Å². The highest BCUT2D eigenvalue weighted by atomic mass is 35.5. The van der Waals surface area contributed by atoms with E-state index in [1.54, 1.807) is 14.2 Å². The highest BCUT2D eigenvalue weighted by molar-refractivity contribution is 7.93. The van der Waals surface area contributed by atoms with Gasteiger partial charge in [0.1, 0.15) is 17.2 Å². The second kappa shape index (κ2) is 11.6. The molecule has 1 aliphatic rings. The smallest absolute Gasteiger partial charge is 0.266 e. The number of aromatic nitrogens is 5. The molecule has 5 atom stereocenters. The molecule has 0 amide bonds. The minimum Gasteiger partial charge on any atom is -0.593 e. The predicted octanol–water partition coefficient (Wildman–Crippen LogP) is 3.06. The molecule has 10 nitrogen and oxygen atoms in total. The van der Waals surface area contributed by atoms with Crippen LogP contribution in [0, 0.1) is 0 Å². The van der Waals surface area contributed by atoms with Gasteiger partial charge in [0, 0.05) is 26.6 Å². The molecule has 1 N–H and O–H groups in total. The fraction of sp³-hybridized carbons (Fsp3) is 0.700. The molecule has 32 heavy (non-hydrogen) atoms. The van der Waals surface area contributed by atoms with E-state index in [4.69, 9.17) is 25.8 Å². The third-order valence-electron chi connectivity index (χ3n) is 5.61. The van der Waals surface area contributed by atoms with Crippen molar-refractivity contribution < 1.29 is 18.8 Å². The van der Waals surface area contributed by atoms with Crippen molar-refractivity contribution in [3.63, 3.8) is 0 Å². The highest BCUT2D eigenvalue weighted by Crippen LogP contribution is 2.34. The molecule has 0 radical (unpaired) electrons. The number of anilines is 1. The fourth-order valence-electron chi connectivity index (χ4n) is 3.66.